The van der Waals surface area contributed by atoms with Crippen molar-refractivity contribution in [3.05, 3.63) is 47.7 Å². The zero-order valence-electron chi connectivity index (χ0n) is 20.4. The molecule has 0 amide bonds. The van der Waals surface area contributed by atoms with Crippen LogP contribution in [-0.2, 0) is 13.0 Å². The number of nitrogens with zero attached hydrogens (tertiary/aromatic N) is 8. The number of ether oxygens (including phenoxy) is 1. The molecule has 0 aromatic carbocycles. The van der Waals surface area contributed by atoms with E-state index >= 15 is 0 Å². The van der Waals surface area contributed by atoms with E-state index in [4.69, 9.17) is 19.8 Å². The number of fused-ring (bicyclic) bond motifs is 1. The van der Waals surface area contributed by atoms with Gasteiger partial charge in [-0.15, -0.1) is 0 Å². The van der Waals surface area contributed by atoms with E-state index in [1.165, 1.54) is 5.56 Å². The highest BCUT2D eigenvalue weighted by Gasteiger charge is 2.21. The average Bonchev–Trinajstić information content (AvgIpc) is 3.46. The molecule has 1 aliphatic rings. The number of pyridine rings is 1. The molecule has 34 heavy (non-hydrogen) atoms. The standard InChI is InChI=1S/C25H32N8O/c1-5-18-11-20(14-26-12-18)23-29-22-17(3)28-25(34-6-2)30-24(22)32(23)15-19-13-27-33(16-19)21-7-9-31(4)10-8-21/h11-14,16,21H,5-10,15H2,1-4H3. The van der Waals surface area contributed by atoms with Gasteiger partial charge in [0.05, 0.1) is 31.1 Å². The van der Waals surface area contributed by atoms with Crippen LogP contribution in [0.3, 0.4) is 0 Å². The van der Waals surface area contributed by atoms with Crippen LogP contribution < -0.4 is 4.74 Å². The molecule has 5 heterocycles. The third kappa shape index (κ3) is 4.40. The zero-order valence-corrected chi connectivity index (χ0v) is 20.4. The fourth-order valence-corrected chi connectivity index (χ4v) is 4.58. The largest absolute Gasteiger partial charge is 0.464 e. The summed E-state index contributed by atoms with van der Waals surface area (Å²) in [7, 11) is 2.18. The van der Waals surface area contributed by atoms with Crippen LogP contribution in [0.4, 0.5) is 0 Å². The van der Waals surface area contributed by atoms with Crippen molar-refractivity contribution < 1.29 is 4.74 Å². The van der Waals surface area contributed by atoms with Gasteiger partial charge >= 0.3 is 6.01 Å². The Hall–Kier alpha value is -3.33. The highest BCUT2D eigenvalue weighted by molar-refractivity contribution is 5.79. The number of likely N-dealkylation sites (tertiary alicyclic amines) is 1. The molecule has 0 saturated carbocycles. The van der Waals surface area contributed by atoms with Gasteiger partial charge in [0.25, 0.3) is 0 Å². The Morgan fingerprint density at radius 1 is 1.03 bits per heavy atom. The molecular formula is C25H32N8O. The molecule has 0 unspecified atom stereocenters. The summed E-state index contributed by atoms with van der Waals surface area (Å²) < 4.78 is 9.92. The van der Waals surface area contributed by atoms with E-state index in [1.54, 1.807) is 0 Å². The number of rotatable bonds is 7. The van der Waals surface area contributed by atoms with E-state index in [9.17, 15) is 0 Å². The second kappa shape index (κ2) is 9.50. The van der Waals surface area contributed by atoms with Gasteiger partial charge in [0.15, 0.2) is 5.65 Å². The Morgan fingerprint density at radius 2 is 1.85 bits per heavy atom. The van der Waals surface area contributed by atoms with Crippen LogP contribution in [0.1, 0.15) is 49.6 Å². The van der Waals surface area contributed by atoms with Crippen molar-refractivity contribution in [1.29, 1.82) is 0 Å². The summed E-state index contributed by atoms with van der Waals surface area (Å²) >= 11 is 0. The summed E-state index contributed by atoms with van der Waals surface area (Å²) in [6, 6.07) is 2.98. The second-order valence-corrected chi connectivity index (χ2v) is 9.02. The molecule has 5 rings (SSSR count). The molecule has 0 bridgehead atoms. The Morgan fingerprint density at radius 3 is 2.62 bits per heavy atom. The van der Waals surface area contributed by atoms with Crippen molar-refractivity contribution >= 4 is 11.2 Å². The molecule has 0 atom stereocenters. The number of imidazole rings is 1. The zero-order chi connectivity index (χ0) is 23.7. The molecule has 0 spiro atoms. The van der Waals surface area contributed by atoms with E-state index in [0.29, 0.717) is 25.2 Å². The Kier molecular flexibility index (Phi) is 6.28. The predicted octanol–water partition coefficient (Wildman–Crippen LogP) is 3.67. The van der Waals surface area contributed by atoms with Crippen molar-refractivity contribution in [2.45, 2.75) is 52.6 Å². The Labute approximate surface area is 199 Å². The minimum absolute atomic E-state index is 0.377. The lowest BCUT2D eigenvalue weighted by atomic mass is 10.1. The van der Waals surface area contributed by atoms with E-state index in [-0.39, 0.29) is 0 Å². The lowest BCUT2D eigenvalue weighted by molar-refractivity contribution is 0.212. The lowest BCUT2D eigenvalue weighted by Crippen LogP contribution is -2.31. The fraction of sp³-hybridized carbons (Fsp3) is 0.480. The molecule has 1 aliphatic heterocycles. The molecule has 4 aromatic rings. The van der Waals surface area contributed by atoms with Gasteiger partial charge in [-0.05, 0) is 64.9 Å². The summed E-state index contributed by atoms with van der Waals surface area (Å²) in [6.07, 6.45) is 11.1. The molecule has 9 heteroatoms. The first kappa shape index (κ1) is 22.5. The summed E-state index contributed by atoms with van der Waals surface area (Å²) in [5.74, 6) is 0.830. The maximum absolute atomic E-state index is 5.65. The summed E-state index contributed by atoms with van der Waals surface area (Å²) in [5, 5.41) is 4.71. The van der Waals surface area contributed by atoms with Crippen LogP contribution in [-0.4, -0.2) is 65.9 Å². The van der Waals surface area contributed by atoms with Crippen molar-refractivity contribution in [3.63, 3.8) is 0 Å². The Bertz CT molecular complexity index is 1290. The molecule has 0 radical (unpaired) electrons. The summed E-state index contributed by atoms with van der Waals surface area (Å²) in [6.45, 7) is 9.35. The summed E-state index contributed by atoms with van der Waals surface area (Å²) in [4.78, 5) is 21.0. The van der Waals surface area contributed by atoms with Crippen LogP contribution in [0, 0.1) is 6.92 Å². The molecule has 0 aliphatic carbocycles. The maximum atomic E-state index is 5.65. The SMILES string of the molecule is CCOc1nc(C)c2nc(-c3cncc(CC)c3)n(Cc3cnn(C4CCN(C)CC4)c3)c2n1. The molecule has 1 saturated heterocycles. The van der Waals surface area contributed by atoms with Crippen LogP contribution >= 0.6 is 0 Å². The van der Waals surface area contributed by atoms with Crippen LogP contribution in [0.2, 0.25) is 0 Å². The highest BCUT2D eigenvalue weighted by atomic mass is 16.5. The van der Waals surface area contributed by atoms with E-state index < -0.39 is 0 Å². The number of piperidine rings is 1. The van der Waals surface area contributed by atoms with E-state index in [1.807, 2.05) is 32.4 Å². The third-order valence-electron chi connectivity index (χ3n) is 6.54. The first-order valence-electron chi connectivity index (χ1n) is 12.1. The topological polar surface area (TPSA) is 86.8 Å². The number of aryl methyl sites for hydroxylation is 2. The molecule has 4 aromatic heterocycles. The van der Waals surface area contributed by atoms with Gasteiger partial charge in [-0.3, -0.25) is 9.67 Å². The van der Waals surface area contributed by atoms with Gasteiger partial charge in [0, 0.05) is 29.7 Å². The van der Waals surface area contributed by atoms with Gasteiger partial charge < -0.3 is 14.2 Å². The smallest absolute Gasteiger partial charge is 0.318 e. The van der Waals surface area contributed by atoms with Gasteiger partial charge in [-0.25, -0.2) is 4.98 Å². The molecule has 1 fully saturated rings. The molecule has 9 nitrogen and oxygen atoms in total. The monoisotopic (exact) mass is 460 g/mol. The maximum Gasteiger partial charge on any atom is 0.318 e. The van der Waals surface area contributed by atoms with Crippen LogP contribution in [0.25, 0.3) is 22.6 Å². The van der Waals surface area contributed by atoms with E-state index in [0.717, 1.165) is 66.2 Å². The van der Waals surface area contributed by atoms with Crippen molar-refractivity contribution in [1.82, 2.24) is 39.2 Å². The van der Waals surface area contributed by atoms with Crippen LogP contribution in [0.5, 0.6) is 6.01 Å². The first-order valence-corrected chi connectivity index (χ1v) is 12.1. The lowest BCUT2D eigenvalue weighted by Gasteiger charge is -2.28. The fourth-order valence-electron chi connectivity index (χ4n) is 4.58. The minimum Gasteiger partial charge on any atom is -0.464 e. The Balaban J connectivity index is 1.57. The van der Waals surface area contributed by atoms with Crippen molar-refractivity contribution in [2.75, 3.05) is 26.7 Å². The molecule has 178 valence electrons. The van der Waals surface area contributed by atoms with Crippen molar-refractivity contribution in [3.8, 4) is 17.4 Å². The van der Waals surface area contributed by atoms with Crippen molar-refractivity contribution in [2.24, 2.45) is 0 Å². The van der Waals surface area contributed by atoms with Gasteiger partial charge in [-0.2, -0.15) is 15.1 Å². The highest BCUT2D eigenvalue weighted by Crippen LogP contribution is 2.28. The summed E-state index contributed by atoms with van der Waals surface area (Å²) in [5.41, 5.74) is 5.60. The van der Waals surface area contributed by atoms with E-state index in [2.05, 4.69) is 50.4 Å². The average molecular weight is 461 g/mol. The first-order chi connectivity index (χ1) is 16.6. The number of hydrogen-bond donors (Lipinski definition) is 0. The predicted molar refractivity (Wildman–Crippen MR) is 131 cm³/mol. The molecular weight excluding hydrogens is 428 g/mol. The normalized spacial score (nSPS) is 15.3. The van der Waals surface area contributed by atoms with Crippen LogP contribution in [0.15, 0.2) is 30.9 Å². The molecule has 0 N–H and O–H groups in total. The third-order valence-corrected chi connectivity index (χ3v) is 6.54. The number of aromatic nitrogens is 7. The second-order valence-electron chi connectivity index (χ2n) is 9.02. The minimum atomic E-state index is 0.377. The van der Waals surface area contributed by atoms with Gasteiger partial charge in [-0.1, -0.05) is 6.92 Å². The van der Waals surface area contributed by atoms with Gasteiger partial charge in [0.1, 0.15) is 11.3 Å². The van der Waals surface area contributed by atoms with Gasteiger partial charge in [0.2, 0.25) is 0 Å². The number of hydrogen-bond acceptors (Lipinski definition) is 7. The quantitative estimate of drug-likeness (QED) is 0.416.